The van der Waals surface area contributed by atoms with Gasteiger partial charge in [0.05, 0.1) is 6.42 Å². The Bertz CT molecular complexity index is 236. The molecule has 0 spiro atoms. The van der Waals surface area contributed by atoms with Gasteiger partial charge in [0.1, 0.15) is 0 Å². The molecular formula is C10H16ClNO2. The van der Waals surface area contributed by atoms with Crippen LogP contribution in [0.2, 0.25) is 0 Å². The zero-order valence-electron chi connectivity index (χ0n) is 8.37. The molecule has 0 bridgehead atoms. The molecule has 1 saturated carbocycles. The summed E-state index contributed by atoms with van der Waals surface area (Å²) < 4.78 is 0. The number of hydrogen-bond acceptors (Lipinski definition) is 2. The van der Waals surface area contributed by atoms with E-state index in [-0.39, 0.29) is 6.42 Å². The van der Waals surface area contributed by atoms with E-state index in [1.165, 1.54) is 12.8 Å². The van der Waals surface area contributed by atoms with Crippen LogP contribution in [0.5, 0.6) is 0 Å². The lowest BCUT2D eigenvalue weighted by molar-refractivity contribution is -0.137. The van der Waals surface area contributed by atoms with Gasteiger partial charge in [-0.1, -0.05) is 11.6 Å². The largest absolute Gasteiger partial charge is 0.481 e. The summed E-state index contributed by atoms with van der Waals surface area (Å²) in [6.45, 7) is 3.38. The minimum atomic E-state index is -0.733. The molecule has 1 N–H and O–H groups in total. The van der Waals surface area contributed by atoms with E-state index in [9.17, 15) is 4.79 Å². The predicted molar refractivity (Wildman–Crippen MR) is 56.5 cm³/mol. The molecule has 0 unspecified atom stereocenters. The highest BCUT2D eigenvalue weighted by atomic mass is 35.5. The van der Waals surface area contributed by atoms with Crippen molar-refractivity contribution in [2.24, 2.45) is 0 Å². The Morgan fingerprint density at radius 2 is 2.29 bits per heavy atom. The van der Waals surface area contributed by atoms with Crippen molar-refractivity contribution >= 4 is 17.6 Å². The molecule has 1 aliphatic rings. The average Bonchev–Trinajstić information content (AvgIpc) is 2.94. The molecule has 80 valence electrons. The Labute approximate surface area is 89.3 Å². The van der Waals surface area contributed by atoms with Gasteiger partial charge in [-0.05, 0) is 25.3 Å². The molecule has 0 aromatic carbocycles. The normalized spacial score (nSPS) is 17.5. The van der Waals surface area contributed by atoms with Crippen molar-refractivity contribution in [3.05, 3.63) is 11.1 Å². The number of hydrogen-bond donors (Lipinski definition) is 1. The van der Waals surface area contributed by atoms with E-state index in [4.69, 9.17) is 16.7 Å². The number of carbonyl (C=O) groups is 1. The molecule has 0 aliphatic heterocycles. The SMILES string of the molecule is CC(=CCl)CN(CCC(=O)O)C1CC1. The predicted octanol–water partition coefficient (Wildman–Crippen LogP) is 2.07. The molecule has 0 saturated heterocycles. The highest BCUT2D eigenvalue weighted by Gasteiger charge is 2.28. The third kappa shape index (κ3) is 4.11. The maximum atomic E-state index is 10.4. The zero-order chi connectivity index (χ0) is 10.6. The number of nitrogens with zero attached hydrogens (tertiary/aromatic N) is 1. The molecule has 1 aliphatic carbocycles. The fraction of sp³-hybridized carbons (Fsp3) is 0.700. The van der Waals surface area contributed by atoms with Gasteiger partial charge >= 0.3 is 5.97 Å². The molecule has 1 rings (SSSR count). The molecular weight excluding hydrogens is 202 g/mol. The highest BCUT2D eigenvalue weighted by molar-refractivity contribution is 6.25. The first-order valence-electron chi connectivity index (χ1n) is 4.85. The maximum Gasteiger partial charge on any atom is 0.304 e. The van der Waals surface area contributed by atoms with Gasteiger partial charge in [0.15, 0.2) is 0 Å². The lowest BCUT2D eigenvalue weighted by Crippen LogP contribution is -2.30. The van der Waals surface area contributed by atoms with E-state index in [0.717, 1.165) is 12.1 Å². The Morgan fingerprint density at radius 3 is 2.71 bits per heavy atom. The van der Waals surface area contributed by atoms with Crippen LogP contribution in [0.15, 0.2) is 11.1 Å². The monoisotopic (exact) mass is 217 g/mol. The van der Waals surface area contributed by atoms with Crippen molar-refractivity contribution in [1.82, 2.24) is 4.90 Å². The highest BCUT2D eigenvalue weighted by Crippen LogP contribution is 2.27. The van der Waals surface area contributed by atoms with Crippen LogP contribution in [-0.4, -0.2) is 35.1 Å². The van der Waals surface area contributed by atoms with Gasteiger partial charge in [-0.2, -0.15) is 0 Å². The summed E-state index contributed by atoms with van der Waals surface area (Å²) in [4.78, 5) is 12.6. The number of rotatable bonds is 6. The third-order valence-electron chi connectivity index (χ3n) is 2.31. The lowest BCUT2D eigenvalue weighted by atomic mass is 10.3. The van der Waals surface area contributed by atoms with Crippen LogP contribution >= 0.6 is 11.6 Å². The van der Waals surface area contributed by atoms with Crippen molar-refractivity contribution in [3.63, 3.8) is 0 Å². The van der Waals surface area contributed by atoms with Crippen molar-refractivity contribution in [1.29, 1.82) is 0 Å². The van der Waals surface area contributed by atoms with Gasteiger partial charge in [-0.15, -0.1) is 0 Å². The quantitative estimate of drug-likeness (QED) is 0.741. The van der Waals surface area contributed by atoms with E-state index in [2.05, 4.69) is 4.90 Å². The van der Waals surface area contributed by atoms with Gasteiger partial charge in [0.2, 0.25) is 0 Å². The van der Waals surface area contributed by atoms with E-state index >= 15 is 0 Å². The zero-order valence-corrected chi connectivity index (χ0v) is 9.13. The molecule has 3 nitrogen and oxygen atoms in total. The second-order valence-electron chi connectivity index (χ2n) is 3.80. The third-order valence-corrected chi connectivity index (χ3v) is 2.69. The summed E-state index contributed by atoms with van der Waals surface area (Å²) in [5.41, 5.74) is 2.65. The fourth-order valence-electron chi connectivity index (χ4n) is 1.42. The van der Waals surface area contributed by atoms with Crippen LogP contribution in [0.3, 0.4) is 0 Å². The van der Waals surface area contributed by atoms with Gasteiger partial charge < -0.3 is 5.11 Å². The molecule has 0 aromatic rings. The number of aliphatic carboxylic acids is 1. The number of halogens is 1. The van der Waals surface area contributed by atoms with Crippen molar-refractivity contribution in [2.45, 2.75) is 32.2 Å². The molecule has 0 amide bonds. The minimum Gasteiger partial charge on any atom is -0.481 e. The Morgan fingerprint density at radius 1 is 1.64 bits per heavy atom. The first-order valence-corrected chi connectivity index (χ1v) is 5.29. The van der Waals surface area contributed by atoms with Crippen LogP contribution in [0, 0.1) is 0 Å². The van der Waals surface area contributed by atoms with Gasteiger partial charge in [0.25, 0.3) is 0 Å². The summed E-state index contributed by atoms with van der Waals surface area (Å²) in [6.07, 6.45) is 2.59. The van der Waals surface area contributed by atoms with Crippen LogP contribution < -0.4 is 0 Å². The number of carboxylic acid groups (broad SMARTS) is 1. The summed E-state index contributed by atoms with van der Waals surface area (Å²) >= 11 is 5.58. The van der Waals surface area contributed by atoms with E-state index in [0.29, 0.717) is 12.6 Å². The Kier molecular flexibility index (Phi) is 4.42. The van der Waals surface area contributed by atoms with Crippen LogP contribution in [0.1, 0.15) is 26.2 Å². The summed E-state index contributed by atoms with van der Waals surface area (Å²) in [5, 5.41) is 8.59. The smallest absolute Gasteiger partial charge is 0.304 e. The summed E-state index contributed by atoms with van der Waals surface area (Å²) in [7, 11) is 0. The molecule has 0 heterocycles. The molecule has 0 atom stereocenters. The second-order valence-corrected chi connectivity index (χ2v) is 4.02. The van der Waals surface area contributed by atoms with Gasteiger partial charge in [-0.25, -0.2) is 0 Å². The molecule has 4 heteroatoms. The van der Waals surface area contributed by atoms with E-state index in [1.54, 1.807) is 5.54 Å². The first-order chi connectivity index (χ1) is 6.63. The summed E-state index contributed by atoms with van der Waals surface area (Å²) in [6, 6.07) is 0.584. The minimum absolute atomic E-state index is 0.214. The second kappa shape index (κ2) is 5.37. The van der Waals surface area contributed by atoms with E-state index < -0.39 is 5.97 Å². The average molecular weight is 218 g/mol. The molecule has 14 heavy (non-hydrogen) atoms. The first kappa shape index (κ1) is 11.5. The van der Waals surface area contributed by atoms with Crippen LogP contribution in [0.4, 0.5) is 0 Å². The molecule has 1 fully saturated rings. The lowest BCUT2D eigenvalue weighted by Gasteiger charge is -2.20. The van der Waals surface area contributed by atoms with Crippen molar-refractivity contribution in [3.8, 4) is 0 Å². The Hall–Kier alpha value is -0.540. The Balaban J connectivity index is 2.35. The van der Waals surface area contributed by atoms with Gasteiger partial charge in [0, 0.05) is 24.7 Å². The van der Waals surface area contributed by atoms with Gasteiger partial charge in [-0.3, -0.25) is 9.69 Å². The van der Waals surface area contributed by atoms with Crippen molar-refractivity contribution < 1.29 is 9.90 Å². The van der Waals surface area contributed by atoms with Crippen LogP contribution in [0.25, 0.3) is 0 Å². The standard InChI is InChI=1S/C10H16ClNO2/c1-8(6-11)7-12(9-2-3-9)5-4-10(13)14/h6,9H,2-5,7H2,1H3,(H,13,14). The van der Waals surface area contributed by atoms with Crippen molar-refractivity contribution in [2.75, 3.05) is 13.1 Å². The number of carboxylic acids is 1. The maximum absolute atomic E-state index is 10.4. The topological polar surface area (TPSA) is 40.5 Å². The van der Waals surface area contributed by atoms with Crippen LogP contribution in [-0.2, 0) is 4.79 Å². The summed E-state index contributed by atoms with van der Waals surface area (Å²) in [5.74, 6) is -0.733. The molecule has 0 radical (unpaired) electrons. The fourth-order valence-corrected chi connectivity index (χ4v) is 1.49. The van der Waals surface area contributed by atoms with E-state index in [1.807, 2.05) is 6.92 Å². The molecule has 0 aromatic heterocycles.